The minimum atomic E-state index is -1.34. The van der Waals surface area contributed by atoms with Crippen molar-refractivity contribution in [1.29, 1.82) is 0 Å². The fourth-order valence-electron chi connectivity index (χ4n) is 1.75. The molecule has 1 aromatic heterocycles. The van der Waals surface area contributed by atoms with E-state index < -0.39 is 48.4 Å². The number of rotatable bonds is 7. The van der Waals surface area contributed by atoms with E-state index >= 15 is 0 Å². The first kappa shape index (κ1) is 18.6. The summed E-state index contributed by atoms with van der Waals surface area (Å²) >= 11 is 0. The van der Waals surface area contributed by atoms with Crippen LogP contribution >= 0.6 is 0 Å². The number of carbonyl (C=O) groups excluding carboxylic acids is 1. The number of aliphatic hydroxyl groups excluding tert-OH is 2. The topological polar surface area (TPSA) is 104 Å². The Morgan fingerprint density at radius 2 is 2.00 bits per heavy atom. The first-order valence-corrected chi connectivity index (χ1v) is 7.00. The largest absolute Gasteiger partial charge is 0.394 e. The summed E-state index contributed by atoms with van der Waals surface area (Å²) in [5, 5.41) is 20.1. The molecule has 134 valence electrons. The van der Waals surface area contributed by atoms with Crippen molar-refractivity contribution in [2.75, 3.05) is 18.5 Å². The summed E-state index contributed by atoms with van der Waals surface area (Å²) in [6.07, 6.45) is -0.357. The zero-order valence-electron chi connectivity index (χ0n) is 12.7. The fourth-order valence-corrected chi connectivity index (χ4v) is 1.75. The molecule has 0 spiro atoms. The molecule has 0 aliphatic rings. The van der Waals surface area contributed by atoms with Gasteiger partial charge in [-0.05, 0) is 24.3 Å². The highest BCUT2D eigenvalue weighted by atomic mass is 19.2. The van der Waals surface area contributed by atoms with Crippen molar-refractivity contribution in [2.45, 2.75) is 6.10 Å². The van der Waals surface area contributed by atoms with E-state index in [-0.39, 0.29) is 11.4 Å². The number of aliphatic hydroxyl groups is 2. The van der Waals surface area contributed by atoms with E-state index in [4.69, 9.17) is 10.2 Å². The third kappa shape index (κ3) is 4.89. The van der Waals surface area contributed by atoms with Crippen LogP contribution in [0.4, 0.5) is 24.7 Å². The van der Waals surface area contributed by atoms with E-state index in [9.17, 15) is 18.0 Å². The molecular formula is C15H14F3N3O4. The maximum absolute atomic E-state index is 14.1. The molecule has 0 saturated heterocycles. The van der Waals surface area contributed by atoms with Gasteiger partial charge in [-0.1, -0.05) is 0 Å². The first-order valence-electron chi connectivity index (χ1n) is 7.00. The van der Waals surface area contributed by atoms with Gasteiger partial charge in [0.05, 0.1) is 24.1 Å². The Kier molecular flexibility index (Phi) is 6.28. The maximum Gasteiger partial charge on any atom is 0.277 e. The molecule has 1 heterocycles. The van der Waals surface area contributed by atoms with Gasteiger partial charge in [-0.15, -0.1) is 0 Å². The number of halogens is 3. The van der Waals surface area contributed by atoms with Crippen molar-refractivity contribution in [1.82, 2.24) is 10.5 Å². The lowest BCUT2D eigenvalue weighted by Crippen LogP contribution is -2.30. The molecular weight excluding hydrogens is 343 g/mol. The first-order chi connectivity index (χ1) is 11.9. The van der Waals surface area contributed by atoms with Gasteiger partial charge in [0.2, 0.25) is 0 Å². The van der Waals surface area contributed by atoms with Gasteiger partial charge in [-0.25, -0.2) is 23.6 Å². The van der Waals surface area contributed by atoms with Gasteiger partial charge >= 0.3 is 0 Å². The van der Waals surface area contributed by atoms with Crippen LogP contribution in [0.15, 0.2) is 30.5 Å². The van der Waals surface area contributed by atoms with Crippen molar-refractivity contribution in [3.8, 4) is 0 Å². The van der Waals surface area contributed by atoms with E-state index in [1.165, 1.54) is 6.07 Å². The second-order valence-corrected chi connectivity index (χ2v) is 4.85. The second kappa shape index (κ2) is 8.42. The van der Waals surface area contributed by atoms with Crippen molar-refractivity contribution in [3.05, 3.63) is 53.5 Å². The van der Waals surface area contributed by atoms with Crippen LogP contribution in [0.1, 0.15) is 10.4 Å². The molecule has 1 atom stereocenters. The highest BCUT2D eigenvalue weighted by Gasteiger charge is 2.20. The number of hydrogen-bond donors (Lipinski definition) is 4. The third-order valence-electron chi connectivity index (χ3n) is 2.97. The van der Waals surface area contributed by atoms with Crippen molar-refractivity contribution in [3.63, 3.8) is 0 Å². The Hall–Kier alpha value is -2.69. The molecule has 0 saturated carbocycles. The molecule has 25 heavy (non-hydrogen) atoms. The van der Waals surface area contributed by atoms with Crippen LogP contribution < -0.4 is 10.8 Å². The molecule has 2 rings (SSSR count). The molecule has 0 aliphatic carbocycles. The highest BCUT2D eigenvalue weighted by molar-refractivity contribution is 5.99. The van der Waals surface area contributed by atoms with Gasteiger partial charge in [0.15, 0.2) is 11.6 Å². The SMILES string of the molecule is O=C(NOC[C@H](O)CO)c1ccc(F)c(F)c1Nc1ccc(F)cn1. The van der Waals surface area contributed by atoms with Gasteiger partial charge in [0.25, 0.3) is 5.91 Å². The van der Waals surface area contributed by atoms with E-state index in [0.29, 0.717) is 0 Å². The number of hydroxylamine groups is 1. The number of hydrogen-bond acceptors (Lipinski definition) is 6. The molecule has 7 nitrogen and oxygen atoms in total. The number of carbonyl (C=O) groups is 1. The molecule has 0 fully saturated rings. The summed E-state index contributed by atoms with van der Waals surface area (Å²) in [5.74, 6) is -4.13. The summed E-state index contributed by atoms with van der Waals surface area (Å²) < 4.78 is 40.4. The lowest BCUT2D eigenvalue weighted by molar-refractivity contribution is -0.0295. The second-order valence-electron chi connectivity index (χ2n) is 4.85. The molecule has 0 unspecified atom stereocenters. The van der Waals surface area contributed by atoms with Gasteiger partial charge in [0, 0.05) is 0 Å². The third-order valence-corrected chi connectivity index (χ3v) is 2.97. The summed E-state index contributed by atoms with van der Waals surface area (Å²) in [5.41, 5.74) is 1.09. The molecule has 4 N–H and O–H groups in total. The van der Waals surface area contributed by atoms with Crippen LogP contribution in [0, 0.1) is 17.5 Å². The maximum atomic E-state index is 14.1. The molecule has 2 aromatic rings. The number of pyridine rings is 1. The number of anilines is 2. The smallest absolute Gasteiger partial charge is 0.277 e. The number of nitrogens with one attached hydrogen (secondary N) is 2. The zero-order valence-corrected chi connectivity index (χ0v) is 12.7. The molecule has 10 heteroatoms. The molecule has 1 aromatic carbocycles. The summed E-state index contributed by atoms with van der Waals surface area (Å²) in [6.45, 7) is -0.988. The van der Waals surface area contributed by atoms with Crippen molar-refractivity contribution in [2.24, 2.45) is 0 Å². The summed E-state index contributed by atoms with van der Waals surface area (Å²) in [7, 11) is 0. The monoisotopic (exact) mass is 357 g/mol. The van der Waals surface area contributed by atoms with E-state index in [0.717, 1.165) is 24.4 Å². The minimum absolute atomic E-state index is 0.0171. The Morgan fingerprint density at radius 1 is 1.24 bits per heavy atom. The quantitative estimate of drug-likeness (QED) is 0.556. The zero-order chi connectivity index (χ0) is 18.4. The highest BCUT2D eigenvalue weighted by Crippen LogP contribution is 2.25. The molecule has 0 bridgehead atoms. The standard InChI is InChI=1S/C15H14F3N3O4/c16-8-1-4-12(19-5-8)20-14-10(2-3-11(17)13(14)18)15(24)21-25-7-9(23)6-22/h1-5,9,22-23H,6-7H2,(H,19,20)(H,21,24)/t9-/m1/s1. The van der Waals surface area contributed by atoms with Crippen LogP contribution in [-0.4, -0.2) is 40.4 Å². The Morgan fingerprint density at radius 3 is 2.64 bits per heavy atom. The van der Waals surface area contributed by atoms with Gasteiger partial charge in [-0.2, -0.15) is 0 Å². The van der Waals surface area contributed by atoms with E-state index in [2.05, 4.69) is 15.1 Å². The minimum Gasteiger partial charge on any atom is -0.394 e. The van der Waals surface area contributed by atoms with Gasteiger partial charge in [-0.3, -0.25) is 9.63 Å². The Bertz CT molecular complexity index is 744. The Labute approximate surface area is 140 Å². The van der Waals surface area contributed by atoms with E-state index in [1.807, 2.05) is 5.48 Å². The number of nitrogens with zero attached hydrogens (tertiary/aromatic N) is 1. The average Bonchev–Trinajstić information content (AvgIpc) is 2.60. The molecule has 0 aliphatic heterocycles. The number of aromatic nitrogens is 1. The molecule has 0 radical (unpaired) electrons. The van der Waals surface area contributed by atoms with Crippen LogP contribution in [0.3, 0.4) is 0 Å². The lowest BCUT2D eigenvalue weighted by atomic mass is 10.1. The van der Waals surface area contributed by atoms with Crippen LogP contribution in [0.5, 0.6) is 0 Å². The summed E-state index contributed by atoms with van der Waals surface area (Å²) in [6, 6.07) is 3.97. The van der Waals surface area contributed by atoms with Crippen LogP contribution in [-0.2, 0) is 4.84 Å². The molecule has 1 amide bonds. The normalized spacial score (nSPS) is 11.9. The van der Waals surface area contributed by atoms with Crippen LogP contribution in [0.2, 0.25) is 0 Å². The van der Waals surface area contributed by atoms with E-state index in [1.54, 1.807) is 0 Å². The van der Waals surface area contributed by atoms with Gasteiger partial charge < -0.3 is 15.5 Å². The lowest BCUT2D eigenvalue weighted by Gasteiger charge is -2.14. The van der Waals surface area contributed by atoms with Gasteiger partial charge in [0.1, 0.15) is 24.3 Å². The number of benzene rings is 1. The predicted octanol–water partition coefficient (Wildman–Crippen LogP) is 1.26. The fraction of sp³-hybridized carbons (Fsp3) is 0.200. The van der Waals surface area contributed by atoms with Crippen molar-refractivity contribution >= 4 is 17.4 Å². The van der Waals surface area contributed by atoms with Crippen LogP contribution in [0.25, 0.3) is 0 Å². The average molecular weight is 357 g/mol. The Balaban J connectivity index is 2.21. The predicted molar refractivity (Wildman–Crippen MR) is 80.3 cm³/mol. The van der Waals surface area contributed by atoms with Crippen molar-refractivity contribution < 1.29 is 33.0 Å². The number of amides is 1. The summed E-state index contributed by atoms with van der Waals surface area (Å²) in [4.78, 5) is 20.4.